The molecule has 0 heterocycles. The third-order valence-corrected chi connectivity index (χ3v) is 2.59. The monoisotopic (exact) mass is 254 g/mol. The summed E-state index contributed by atoms with van der Waals surface area (Å²) in [6.07, 6.45) is 0.114. The molecule has 3 N–H and O–H groups in total. The van der Waals surface area contributed by atoms with Crippen molar-refractivity contribution in [2.24, 2.45) is 0 Å². The Balaban J connectivity index is 2.35. The number of benzene rings is 1. The maximum Gasteiger partial charge on any atom is 0.220 e. The molecule has 0 spiro atoms. The molecule has 18 heavy (non-hydrogen) atoms. The van der Waals surface area contributed by atoms with Gasteiger partial charge in [0.25, 0.3) is 0 Å². The van der Waals surface area contributed by atoms with E-state index < -0.39 is 11.9 Å². The molecule has 0 fully saturated rings. The summed E-state index contributed by atoms with van der Waals surface area (Å²) in [5, 5.41) is 15.3. The number of rotatable bonds is 7. The first-order chi connectivity index (χ1) is 8.65. The van der Waals surface area contributed by atoms with Crippen LogP contribution in [0.5, 0.6) is 0 Å². The number of nitrogens with one attached hydrogen (secondary N) is 2. The van der Waals surface area contributed by atoms with E-state index in [1.165, 1.54) is 12.1 Å². The normalized spacial score (nSPS) is 12.2. The van der Waals surface area contributed by atoms with Gasteiger partial charge in [0.1, 0.15) is 5.82 Å². The van der Waals surface area contributed by atoms with Gasteiger partial charge in [-0.2, -0.15) is 0 Å². The van der Waals surface area contributed by atoms with Gasteiger partial charge in [-0.05, 0) is 26.1 Å². The molecule has 1 atom stereocenters. The highest BCUT2D eigenvalue weighted by Crippen LogP contribution is 2.15. The molecule has 0 saturated heterocycles. The lowest BCUT2D eigenvalue weighted by Crippen LogP contribution is -2.29. The number of amides is 1. The Labute approximate surface area is 106 Å². The lowest BCUT2D eigenvalue weighted by atomic mass is 10.1. The predicted octanol–water partition coefficient (Wildman–Crippen LogP) is 0.975. The average Bonchev–Trinajstić information content (AvgIpc) is 2.37. The zero-order chi connectivity index (χ0) is 13.4. The van der Waals surface area contributed by atoms with Gasteiger partial charge >= 0.3 is 0 Å². The molecule has 1 aromatic carbocycles. The van der Waals surface area contributed by atoms with Gasteiger partial charge in [0.2, 0.25) is 5.91 Å². The first kappa shape index (κ1) is 14.6. The molecule has 1 rings (SSSR count). The third-order valence-electron chi connectivity index (χ3n) is 2.59. The Morgan fingerprint density at radius 1 is 1.44 bits per heavy atom. The standard InChI is InChI=1S/C13H19FN2O2/c1-15-8-4-7-13(18)16-9-12(17)10-5-2-3-6-11(10)14/h2-3,5-6,12,15,17H,4,7-9H2,1H3,(H,16,18). The summed E-state index contributed by atoms with van der Waals surface area (Å²) in [5.74, 6) is -0.602. The van der Waals surface area contributed by atoms with Crippen LogP contribution in [0.3, 0.4) is 0 Å². The zero-order valence-electron chi connectivity index (χ0n) is 10.4. The Hall–Kier alpha value is -1.46. The molecule has 4 nitrogen and oxygen atoms in total. The van der Waals surface area contributed by atoms with Crippen molar-refractivity contribution in [3.63, 3.8) is 0 Å². The molecule has 1 amide bonds. The second kappa shape index (κ2) is 7.79. The van der Waals surface area contributed by atoms with Gasteiger partial charge in [-0.1, -0.05) is 18.2 Å². The Kier molecular flexibility index (Phi) is 6.32. The summed E-state index contributed by atoms with van der Waals surface area (Å²) >= 11 is 0. The SMILES string of the molecule is CNCCCC(=O)NCC(O)c1ccccc1F. The lowest BCUT2D eigenvalue weighted by Gasteiger charge is -2.13. The fraction of sp³-hybridized carbons (Fsp3) is 0.462. The molecule has 0 aliphatic carbocycles. The second-order valence-corrected chi connectivity index (χ2v) is 4.05. The number of hydrogen-bond acceptors (Lipinski definition) is 3. The quantitative estimate of drug-likeness (QED) is 0.636. The Morgan fingerprint density at radius 2 is 2.17 bits per heavy atom. The third kappa shape index (κ3) is 4.81. The van der Waals surface area contributed by atoms with Crippen LogP contribution in [0.15, 0.2) is 24.3 Å². The molecule has 0 aromatic heterocycles. The highest BCUT2D eigenvalue weighted by atomic mass is 19.1. The molecule has 1 aromatic rings. The molecular weight excluding hydrogens is 235 g/mol. The summed E-state index contributed by atoms with van der Waals surface area (Å²) in [6, 6.07) is 6.00. The van der Waals surface area contributed by atoms with E-state index in [2.05, 4.69) is 10.6 Å². The summed E-state index contributed by atoms with van der Waals surface area (Å²) in [6.45, 7) is 0.794. The van der Waals surface area contributed by atoms with Crippen LogP contribution in [-0.4, -0.2) is 31.2 Å². The summed E-state index contributed by atoms with van der Waals surface area (Å²) in [4.78, 5) is 11.4. The van der Waals surface area contributed by atoms with Crippen molar-refractivity contribution in [1.29, 1.82) is 0 Å². The second-order valence-electron chi connectivity index (χ2n) is 4.05. The van der Waals surface area contributed by atoms with Gasteiger partial charge < -0.3 is 15.7 Å². The number of carbonyl (C=O) groups excluding carboxylic acids is 1. The minimum atomic E-state index is -1.01. The lowest BCUT2D eigenvalue weighted by molar-refractivity contribution is -0.121. The predicted molar refractivity (Wildman–Crippen MR) is 67.5 cm³/mol. The molecular formula is C13H19FN2O2. The molecule has 5 heteroatoms. The van der Waals surface area contributed by atoms with Gasteiger partial charge in [-0.3, -0.25) is 4.79 Å². The van der Waals surface area contributed by atoms with Crippen LogP contribution in [0, 0.1) is 5.82 Å². The Morgan fingerprint density at radius 3 is 2.83 bits per heavy atom. The fourth-order valence-corrected chi connectivity index (χ4v) is 1.58. The van der Waals surface area contributed by atoms with E-state index in [9.17, 15) is 14.3 Å². The van der Waals surface area contributed by atoms with Crippen molar-refractivity contribution >= 4 is 5.91 Å². The van der Waals surface area contributed by atoms with Crippen LogP contribution in [0.2, 0.25) is 0 Å². The minimum absolute atomic E-state index is 0.0271. The zero-order valence-corrected chi connectivity index (χ0v) is 10.4. The van der Waals surface area contributed by atoms with Crippen molar-refractivity contribution in [2.75, 3.05) is 20.1 Å². The highest BCUT2D eigenvalue weighted by Gasteiger charge is 2.12. The van der Waals surface area contributed by atoms with Crippen LogP contribution in [0.1, 0.15) is 24.5 Å². The van der Waals surface area contributed by atoms with Gasteiger partial charge in [0.15, 0.2) is 0 Å². The first-order valence-electron chi connectivity index (χ1n) is 5.99. The van der Waals surface area contributed by atoms with Crippen LogP contribution >= 0.6 is 0 Å². The van der Waals surface area contributed by atoms with Crippen molar-refractivity contribution < 1.29 is 14.3 Å². The maximum absolute atomic E-state index is 13.3. The van der Waals surface area contributed by atoms with Gasteiger partial charge in [0, 0.05) is 18.5 Å². The van der Waals surface area contributed by atoms with E-state index in [-0.39, 0.29) is 18.0 Å². The van der Waals surface area contributed by atoms with E-state index in [1.54, 1.807) is 12.1 Å². The minimum Gasteiger partial charge on any atom is -0.386 e. The fourth-order valence-electron chi connectivity index (χ4n) is 1.58. The number of halogens is 1. The molecule has 1 unspecified atom stereocenters. The number of aliphatic hydroxyl groups excluding tert-OH is 1. The first-order valence-corrected chi connectivity index (χ1v) is 5.99. The summed E-state index contributed by atoms with van der Waals surface area (Å²) in [5.41, 5.74) is 0.202. The van der Waals surface area contributed by atoms with Crippen LogP contribution in [0.25, 0.3) is 0 Å². The topological polar surface area (TPSA) is 61.4 Å². The van der Waals surface area contributed by atoms with Crippen molar-refractivity contribution in [3.05, 3.63) is 35.6 Å². The number of carbonyl (C=O) groups is 1. The molecule has 0 saturated carbocycles. The van der Waals surface area contributed by atoms with E-state index in [1.807, 2.05) is 7.05 Å². The average molecular weight is 254 g/mol. The Bertz CT molecular complexity index is 385. The van der Waals surface area contributed by atoms with Crippen molar-refractivity contribution in [1.82, 2.24) is 10.6 Å². The van der Waals surface area contributed by atoms with Crippen LogP contribution in [-0.2, 0) is 4.79 Å². The molecule has 0 aliphatic rings. The van der Waals surface area contributed by atoms with Gasteiger partial charge in [0.05, 0.1) is 6.10 Å². The summed E-state index contributed by atoms with van der Waals surface area (Å²) in [7, 11) is 1.82. The van der Waals surface area contributed by atoms with E-state index in [0.717, 1.165) is 13.0 Å². The smallest absolute Gasteiger partial charge is 0.220 e. The molecule has 100 valence electrons. The molecule has 0 radical (unpaired) electrons. The van der Waals surface area contributed by atoms with E-state index in [0.29, 0.717) is 6.42 Å². The van der Waals surface area contributed by atoms with Crippen molar-refractivity contribution in [2.45, 2.75) is 18.9 Å². The number of aliphatic hydroxyl groups is 1. The highest BCUT2D eigenvalue weighted by molar-refractivity contribution is 5.75. The van der Waals surface area contributed by atoms with Crippen LogP contribution in [0.4, 0.5) is 4.39 Å². The number of hydrogen-bond donors (Lipinski definition) is 3. The van der Waals surface area contributed by atoms with Gasteiger partial charge in [-0.25, -0.2) is 4.39 Å². The molecule has 0 aliphatic heterocycles. The molecule has 0 bridgehead atoms. The summed E-state index contributed by atoms with van der Waals surface area (Å²) < 4.78 is 13.3. The largest absolute Gasteiger partial charge is 0.386 e. The van der Waals surface area contributed by atoms with Crippen LogP contribution < -0.4 is 10.6 Å². The maximum atomic E-state index is 13.3. The van der Waals surface area contributed by atoms with E-state index >= 15 is 0 Å². The van der Waals surface area contributed by atoms with Crippen molar-refractivity contribution in [3.8, 4) is 0 Å². The van der Waals surface area contributed by atoms with E-state index in [4.69, 9.17) is 0 Å². The van der Waals surface area contributed by atoms with Gasteiger partial charge in [-0.15, -0.1) is 0 Å².